The molecule has 4 aromatic carbocycles. The third kappa shape index (κ3) is 3.75. The Hall–Kier alpha value is -4.98. The number of fused-ring (bicyclic) bond motifs is 4. The molecule has 39 heavy (non-hydrogen) atoms. The van der Waals surface area contributed by atoms with Crippen molar-refractivity contribution in [2.45, 2.75) is 20.4 Å². The molecule has 0 atom stereocenters. The molecule has 6 rings (SSSR count). The number of carbonyl (C=O) groups excluding carboxylic acids is 3. The number of aromatic nitrogens is 1. The van der Waals surface area contributed by atoms with Gasteiger partial charge in [0.05, 0.1) is 29.8 Å². The lowest BCUT2D eigenvalue weighted by atomic mass is 9.93. The molecule has 194 valence electrons. The van der Waals surface area contributed by atoms with E-state index in [1.807, 2.05) is 37.3 Å². The number of carbonyl (C=O) groups is 3. The van der Waals surface area contributed by atoms with Gasteiger partial charge in [-0.25, -0.2) is 9.18 Å². The van der Waals surface area contributed by atoms with Gasteiger partial charge in [-0.1, -0.05) is 30.3 Å². The molecule has 0 spiro atoms. The molecular weight excluding hydrogens is 497 g/mol. The molecule has 8 heteroatoms. The zero-order valence-corrected chi connectivity index (χ0v) is 21.3. The average Bonchev–Trinajstić information content (AvgIpc) is 3.47. The number of benzene rings is 4. The van der Waals surface area contributed by atoms with Crippen molar-refractivity contribution in [2.24, 2.45) is 5.73 Å². The monoisotopic (exact) mass is 521 g/mol. The van der Waals surface area contributed by atoms with Gasteiger partial charge in [0.25, 0.3) is 11.8 Å². The second-order valence-electron chi connectivity index (χ2n) is 9.49. The van der Waals surface area contributed by atoms with Gasteiger partial charge in [-0.15, -0.1) is 0 Å². The predicted octanol–water partition coefficient (Wildman–Crippen LogP) is 5.87. The summed E-state index contributed by atoms with van der Waals surface area (Å²) >= 11 is 0. The maximum absolute atomic E-state index is 14.5. The molecule has 7 nitrogen and oxygen atoms in total. The summed E-state index contributed by atoms with van der Waals surface area (Å²) in [7, 11) is 0. The van der Waals surface area contributed by atoms with Crippen molar-refractivity contribution < 1.29 is 23.5 Å². The summed E-state index contributed by atoms with van der Waals surface area (Å²) in [6, 6.07) is 18.9. The van der Waals surface area contributed by atoms with E-state index >= 15 is 0 Å². The number of halogens is 1. The summed E-state index contributed by atoms with van der Waals surface area (Å²) in [6.45, 7) is 4.06. The third-order valence-corrected chi connectivity index (χ3v) is 7.33. The van der Waals surface area contributed by atoms with Crippen molar-refractivity contribution in [3.63, 3.8) is 0 Å². The molecule has 0 saturated carbocycles. The first-order valence-corrected chi connectivity index (χ1v) is 12.5. The second kappa shape index (κ2) is 9.09. The van der Waals surface area contributed by atoms with Crippen molar-refractivity contribution in [1.29, 1.82) is 0 Å². The Morgan fingerprint density at radius 3 is 2.54 bits per heavy atom. The van der Waals surface area contributed by atoms with E-state index in [0.717, 1.165) is 27.5 Å². The van der Waals surface area contributed by atoms with Crippen LogP contribution in [0.25, 0.3) is 32.9 Å². The number of hydrogen-bond donors (Lipinski definition) is 2. The number of esters is 1. The normalized spacial score (nSPS) is 12.8. The lowest BCUT2D eigenvalue weighted by Gasteiger charge is -2.21. The van der Waals surface area contributed by atoms with E-state index in [0.29, 0.717) is 39.0 Å². The van der Waals surface area contributed by atoms with E-state index in [-0.39, 0.29) is 19.1 Å². The number of nitrogens with one attached hydrogen (secondary N) is 1. The van der Waals surface area contributed by atoms with Gasteiger partial charge in [0, 0.05) is 33.1 Å². The van der Waals surface area contributed by atoms with Crippen LogP contribution in [0.2, 0.25) is 0 Å². The zero-order valence-electron chi connectivity index (χ0n) is 21.3. The van der Waals surface area contributed by atoms with E-state index in [1.54, 1.807) is 42.2 Å². The molecule has 1 aromatic heterocycles. The largest absolute Gasteiger partial charge is 0.462 e. The van der Waals surface area contributed by atoms with E-state index in [4.69, 9.17) is 10.5 Å². The summed E-state index contributed by atoms with van der Waals surface area (Å²) < 4.78 is 19.6. The third-order valence-electron chi connectivity index (χ3n) is 7.33. The number of primary amides is 1. The van der Waals surface area contributed by atoms with Crippen molar-refractivity contribution in [3.05, 3.63) is 100 Å². The van der Waals surface area contributed by atoms with Gasteiger partial charge < -0.3 is 20.4 Å². The fourth-order valence-electron chi connectivity index (χ4n) is 5.48. The molecule has 0 radical (unpaired) electrons. The molecule has 0 bridgehead atoms. The Kier molecular flexibility index (Phi) is 5.68. The molecule has 2 heterocycles. The number of amides is 2. The first kappa shape index (κ1) is 24.4. The molecule has 5 aromatic rings. The van der Waals surface area contributed by atoms with E-state index in [9.17, 15) is 18.8 Å². The minimum atomic E-state index is -0.586. The van der Waals surface area contributed by atoms with E-state index < -0.39 is 17.7 Å². The Labute approximate surface area is 223 Å². The Bertz CT molecular complexity index is 1860. The van der Waals surface area contributed by atoms with Crippen LogP contribution < -0.4 is 10.6 Å². The molecule has 1 aliphatic heterocycles. The molecular formula is C31H24FN3O4. The molecule has 1 aliphatic rings. The van der Waals surface area contributed by atoms with Crippen molar-refractivity contribution >= 4 is 45.3 Å². The number of ether oxygens (including phenoxy) is 1. The quantitative estimate of drug-likeness (QED) is 0.282. The molecule has 3 N–H and O–H groups in total. The second-order valence-corrected chi connectivity index (χ2v) is 9.49. The Balaban J connectivity index is 1.54. The first-order chi connectivity index (χ1) is 18.8. The number of rotatable bonds is 5. The number of hydrogen-bond acceptors (Lipinski definition) is 4. The highest BCUT2D eigenvalue weighted by atomic mass is 19.1. The maximum Gasteiger partial charge on any atom is 0.338 e. The van der Waals surface area contributed by atoms with Crippen LogP contribution >= 0.6 is 0 Å². The standard InChI is InChI=1S/C31H24FN3O4/c1-3-39-31(38)17-10-11-21-25(14-17)34-28-22(29(33)36)13-12-19(27(21)28)18-6-5-9-26(16(18)2)35-15-23-20(30(35)37)7-4-8-24(23)32/h4-14,34H,3,15H2,1-2H3,(H2,33,36). The van der Waals surface area contributed by atoms with Gasteiger partial charge in [-0.05, 0) is 66.9 Å². The molecule has 2 amide bonds. The Morgan fingerprint density at radius 2 is 1.79 bits per heavy atom. The summed E-state index contributed by atoms with van der Waals surface area (Å²) in [6.07, 6.45) is 0. The van der Waals surface area contributed by atoms with Gasteiger partial charge in [0.1, 0.15) is 5.82 Å². The minimum Gasteiger partial charge on any atom is -0.462 e. The highest BCUT2D eigenvalue weighted by Crippen LogP contribution is 2.41. The van der Waals surface area contributed by atoms with Crippen LogP contribution in [-0.4, -0.2) is 29.4 Å². The number of H-pyrrole nitrogens is 1. The van der Waals surface area contributed by atoms with Gasteiger partial charge in [-0.2, -0.15) is 0 Å². The molecule has 0 unspecified atom stereocenters. The molecule has 0 saturated heterocycles. The molecule has 0 aliphatic carbocycles. The fourth-order valence-corrected chi connectivity index (χ4v) is 5.48. The van der Waals surface area contributed by atoms with Crippen LogP contribution in [0.1, 0.15) is 49.1 Å². The van der Waals surface area contributed by atoms with E-state index in [2.05, 4.69) is 4.98 Å². The fraction of sp³-hybridized carbons (Fsp3) is 0.129. The topological polar surface area (TPSA) is 105 Å². The lowest BCUT2D eigenvalue weighted by Crippen LogP contribution is -2.24. The number of nitrogens with zero attached hydrogens (tertiary/aromatic N) is 1. The van der Waals surface area contributed by atoms with E-state index in [1.165, 1.54) is 6.07 Å². The number of nitrogens with two attached hydrogens (primary N) is 1. The SMILES string of the molecule is CCOC(=O)c1ccc2c(c1)[nH]c1c(C(N)=O)ccc(-c3cccc(N4Cc5c(F)cccc5C4=O)c3C)c12. The summed E-state index contributed by atoms with van der Waals surface area (Å²) in [5.74, 6) is -1.68. The highest BCUT2D eigenvalue weighted by molar-refractivity contribution is 6.21. The van der Waals surface area contributed by atoms with Crippen molar-refractivity contribution in [2.75, 3.05) is 11.5 Å². The van der Waals surface area contributed by atoms with Gasteiger partial charge in [0.2, 0.25) is 0 Å². The highest BCUT2D eigenvalue weighted by Gasteiger charge is 2.32. The number of aromatic amines is 1. The summed E-state index contributed by atoms with van der Waals surface area (Å²) in [4.78, 5) is 42.7. The predicted molar refractivity (Wildman–Crippen MR) is 147 cm³/mol. The van der Waals surface area contributed by atoms with Crippen LogP contribution in [0, 0.1) is 12.7 Å². The van der Waals surface area contributed by atoms with Crippen LogP contribution in [0.15, 0.2) is 66.7 Å². The van der Waals surface area contributed by atoms with Crippen LogP contribution in [0.5, 0.6) is 0 Å². The smallest absolute Gasteiger partial charge is 0.338 e. The van der Waals surface area contributed by atoms with Crippen molar-refractivity contribution in [3.8, 4) is 11.1 Å². The zero-order chi connectivity index (χ0) is 27.4. The van der Waals surface area contributed by atoms with Crippen LogP contribution in [-0.2, 0) is 11.3 Å². The lowest BCUT2D eigenvalue weighted by molar-refractivity contribution is 0.0526. The Morgan fingerprint density at radius 1 is 1.03 bits per heavy atom. The van der Waals surface area contributed by atoms with Gasteiger partial charge in [-0.3, -0.25) is 9.59 Å². The first-order valence-electron chi connectivity index (χ1n) is 12.5. The van der Waals surface area contributed by atoms with Gasteiger partial charge in [0.15, 0.2) is 0 Å². The van der Waals surface area contributed by atoms with Gasteiger partial charge >= 0.3 is 5.97 Å². The summed E-state index contributed by atoms with van der Waals surface area (Å²) in [5.41, 5.74) is 11.5. The molecule has 0 fully saturated rings. The minimum absolute atomic E-state index is 0.144. The summed E-state index contributed by atoms with van der Waals surface area (Å²) in [5, 5.41) is 1.56. The van der Waals surface area contributed by atoms with Crippen molar-refractivity contribution in [1.82, 2.24) is 4.98 Å². The van der Waals surface area contributed by atoms with Crippen LogP contribution in [0.3, 0.4) is 0 Å². The van der Waals surface area contributed by atoms with Crippen LogP contribution in [0.4, 0.5) is 10.1 Å². The maximum atomic E-state index is 14.5. The number of anilines is 1. The average molecular weight is 522 g/mol.